The fourth-order valence-electron chi connectivity index (χ4n) is 1.84. The van der Waals surface area contributed by atoms with E-state index in [4.69, 9.17) is 0 Å². The molecule has 2 N–H and O–H groups in total. The zero-order chi connectivity index (χ0) is 15.5. The van der Waals surface area contributed by atoms with E-state index >= 15 is 0 Å². The molecule has 0 aliphatic heterocycles. The number of para-hydroxylation sites is 1. The van der Waals surface area contributed by atoms with Gasteiger partial charge in [-0.1, -0.05) is 12.1 Å². The highest BCUT2D eigenvalue weighted by Gasteiger charge is 2.30. The Morgan fingerprint density at radius 1 is 1.00 bits per heavy atom. The highest BCUT2D eigenvalue weighted by atomic mass is 19.4. The number of amides is 1. The number of benzene rings is 2. The molecule has 0 atom stereocenters. The van der Waals surface area contributed by atoms with Crippen LogP contribution in [-0.2, 0) is 6.18 Å². The predicted molar refractivity (Wildman–Crippen MR) is 75.4 cm³/mol. The number of carbonyl (C=O) groups excluding carboxylic acids is 1. The molecule has 2 aromatic rings. The summed E-state index contributed by atoms with van der Waals surface area (Å²) in [6.45, 7) is 0. The topological polar surface area (TPSA) is 41.1 Å². The van der Waals surface area contributed by atoms with Gasteiger partial charge in [0.1, 0.15) is 0 Å². The monoisotopic (exact) mass is 294 g/mol. The molecule has 1 amide bonds. The maximum atomic E-state index is 12.5. The summed E-state index contributed by atoms with van der Waals surface area (Å²) in [5, 5.41) is 5.45. The lowest BCUT2D eigenvalue weighted by molar-refractivity contribution is -0.137. The van der Waals surface area contributed by atoms with Crippen LogP contribution in [-0.4, -0.2) is 13.0 Å². The maximum Gasteiger partial charge on any atom is 0.416 e. The van der Waals surface area contributed by atoms with Crippen LogP contribution in [0.3, 0.4) is 0 Å². The highest BCUT2D eigenvalue weighted by molar-refractivity contribution is 6.08. The van der Waals surface area contributed by atoms with Crippen LogP contribution in [0.15, 0.2) is 48.5 Å². The zero-order valence-electron chi connectivity index (χ0n) is 11.2. The van der Waals surface area contributed by atoms with Crippen molar-refractivity contribution >= 4 is 17.3 Å². The second kappa shape index (κ2) is 5.87. The van der Waals surface area contributed by atoms with Crippen molar-refractivity contribution in [3.05, 3.63) is 59.7 Å². The van der Waals surface area contributed by atoms with E-state index in [1.54, 1.807) is 31.3 Å². The fourth-order valence-corrected chi connectivity index (χ4v) is 1.84. The van der Waals surface area contributed by atoms with Crippen molar-refractivity contribution < 1.29 is 18.0 Å². The summed E-state index contributed by atoms with van der Waals surface area (Å²) in [7, 11) is 1.68. The molecule has 0 aromatic heterocycles. The van der Waals surface area contributed by atoms with Gasteiger partial charge >= 0.3 is 6.18 Å². The summed E-state index contributed by atoms with van der Waals surface area (Å²) < 4.78 is 37.4. The third-order valence-electron chi connectivity index (χ3n) is 2.91. The van der Waals surface area contributed by atoms with Crippen LogP contribution in [0.5, 0.6) is 0 Å². The summed E-state index contributed by atoms with van der Waals surface area (Å²) >= 11 is 0. The number of hydrogen-bond donors (Lipinski definition) is 2. The fraction of sp³-hybridized carbons (Fsp3) is 0.133. The summed E-state index contributed by atoms with van der Waals surface area (Å²) in [6, 6.07) is 11.2. The molecule has 0 aliphatic carbocycles. The average Bonchev–Trinajstić information content (AvgIpc) is 2.46. The molecule has 0 aliphatic rings. The van der Waals surface area contributed by atoms with E-state index in [2.05, 4.69) is 10.6 Å². The standard InChI is InChI=1S/C15H13F3N2O/c1-19-13-5-3-2-4-12(13)14(21)20-11-8-6-10(7-9-11)15(16,17)18/h2-9,19H,1H3,(H,20,21). The van der Waals surface area contributed by atoms with Gasteiger partial charge in [0.15, 0.2) is 0 Å². The molecule has 6 heteroatoms. The van der Waals surface area contributed by atoms with E-state index < -0.39 is 11.7 Å². The van der Waals surface area contributed by atoms with Crippen LogP contribution < -0.4 is 10.6 Å². The van der Waals surface area contributed by atoms with Crippen molar-refractivity contribution in [2.75, 3.05) is 17.7 Å². The van der Waals surface area contributed by atoms with E-state index in [-0.39, 0.29) is 5.91 Å². The Morgan fingerprint density at radius 2 is 1.62 bits per heavy atom. The Kier molecular flexibility index (Phi) is 4.16. The minimum Gasteiger partial charge on any atom is -0.387 e. The largest absolute Gasteiger partial charge is 0.416 e. The molecular formula is C15H13F3N2O. The van der Waals surface area contributed by atoms with Crippen molar-refractivity contribution in [2.45, 2.75) is 6.18 Å². The normalized spacial score (nSPS) is 11.0. The molecule has 0 saturated carbocycles. The maximum absolute atomic E-state index is 12.5. The lowest BCUT2D eigenvalue weighted by Crippen LogP contribution is -2.14. The number of carbonyl (C=O) groups is 1. The Hall–Kier alpha value is -2.50. The average molecular weight is 294 g/mol. The lowest BCUT2D eigenvalue weighted by Gasteiger charge is -2.11. The van der Waals surface area contributed by atoms with Gasteiger partial charge in [0, 0.05) is 18.4 Å². The predicted octanol–water partition coefficient (Wildman–Crippen LogP) is 4.00. The Morgan fingerprint density at radius 3 is 2.19 bits per heavy atom. The summed E-state index contributed by atoms with van der Waals surface area (Å²) in [6.07, 6.45) is -4.39. The second-order valence-electron chi connectivity index (χ2n) is 4.32. The van der Waals surface area contributed by atoms with Gasteiger partial charge in [-0.2, -0.15) is 13.2 Å². The highest BCUT2D eigenvalue weighted by Crippen LogP contribution is 2.30. The Labute approximate surface area is 119 Å². The molecule has 21 heavy (non-hydrogen) atoms. The smallest absolute Gasteiger partial charge is 0.387 e. The van der Waals surface area contributed by atoms with E-state index in [9.17, 15) is 18.0 Å². The van der Waals surface area contributed by atoms with E-state index in [0.717, 1.165) is 12.1 Å². The van der Waals surface area contributed by atoms with Crippen LogP contribution in [0.2, 0.25) is 0 Å². The van der Waals surface area contributed by atoms with Crippen molar-refractivity contribution in [2.24, 2.45) is 0 Å². The van der Waals surface area contributed by atoms with Gasteiger partial charge in [0.25, 0.3) is 5.91 Å². The molecule has 0 spiro atoms. The van der Waals surface area contributed by atoms with Crippen LogP contribution >= 0.6 is 0 Å². The van der Waals surface area contributed by atoms with Crippen LogP contribution in [0.25, 0.3) is 0 Å². The minimum atomic E-state index is -4.39. The molecular weight excluding hydrogens is 281 g/mol. The van der Waals surface area contributed by atoms with Crippen molar-refractivity contribution in [3.8, 4) is 0 Å². The number of anilines is 2. The first-order valence-electron chi connectivity index (χ1n) is 6.17. The van der Waals surface area contributed by atoms with E-state index in [0.29, 0.717) is 16.9 Å². The number of hydrogen-bond acceptors (Lipinski definition) is 2. The molecule has 2 aromatic carbocycles. The first-order valence-corrected chi connectivity index (χ1v) is 6.17. The Bertz CT molecular complexity index is 636. The molecule has 2 rings (SSSR count). The van der Waals surface area contributed by atoms with E-state index in [1.165, 1.54) is 12.1 Å². The number of nitrogens with one attached hydrogen (secondary N) is 2. The third-order valence-corrected chi connectivity index (χ3v) is 2.91. The third kappa shape index (κ3) is 3.53. The molecule has 0 radical (unpaired) electrons. The minimum absolute atomic E-state index is 0.305. The van der Waals surface area contributed by atoms with Gasteiger partial charge in [0.2, 0.25) is 0 Å². The van der Waals surface area contributed by atoms with Gasteiger partial charge in [-0.3, -0.25) is 4.79 Å². The molecule has 0 fully saturated rings. The van der Waals surface area contributed by atoms with Crippen LogP contribution in [0, 0.1) is 0 Å². The summed E-state index contributed by atoms with van der Waals surface area (Å²) in [5.74, 6) is -0.389. The Balaban J connectivity index is 2.16. The lowest BCUT2D eigenvalue weighted by atomic mass is 10.1. The SMILES string of the molecule is CNc1ccccc1C(=O)Nc1ccc(C(F)(F)F)cc1. The molecule has 0 bridgehead atoms. The number of halogens is 3. The van der Waals surface area contributed by atoms with Crippen molar-refractivity contribution in [1.29, 1.82) is 0 Å². The van der Waals surface area contributed by atoms with Crippen LogP contribution in [0.4, 0.5) is 24.5 Å². The van der Waals surface area contributed by atoms with Crippen molar-refractivity contribution in [3.63, 3.8) is 0 Å². The van der Waals surface area contributed by atoms with Gasteiger partial charge in [0.05, 0.1) is 11.1 Å². The van der Waals surface area contributed by atoms with Crippen LogP contribution in [0.1, 0.15) is 15.9 Å². The molecule has 0 saturated heterocycles. The van der Waals surface area contributed by atoms with Gasteiger partial charge in [-0.15, -0.1) is 0 Å². The quantitative estimate of drug-likeness (QED) is 0.898. The first-order chi connectivity index (χ1) is 9.91. The molecule has 0 unspecified atom stereocenters. The molecule has 3 nitrogen and oxygen atoms in total. The molecule has 110 valence electrons. The summed E-state index contributed by atoms with van der Waals surface area (Å²) in [4.78, 5) is 12.1. The van der Waals surface area contributed by atoms with Gasteiger partial charge < -0.3 is 10.6 Å². The number of alkyl halides is 3. The number of rotatable bonds is 3. The first kappa shape index (κ1) is 14.9. The van der Waals surface area contributed by atoms with Gasteiger partial charge in [-0.25, -0.2) is 0 Å². The van der Waals surface area contributed by atoms with E-state index in [1.807, 2.05) is 0 Å². The van der Waals surface area contributed by atoms with Gasteiger partial charge in [-0.05, 0) is 36.4 Å². The summed E-state index contributed by atoms with van der Waals surface area (Å²) in [5.41, 5.74) is 0.608. The molecule has 0 heterocycles. The zero-order valence-corrected chi connectivity index (χ0v) is 11.2. The van der Waals surface area contributed by atoms with Crippen molar-refractivity contribution in [1.82, 2.24) is 0 Å². The second-order valence-corrected chi connectivity index (χ2v) is 4.32.